The number of nitrogens with one attached hydrogen (secondary N) is 1. The summed E-state index contributed by atoms with van der Waals surface area (Å²) in [5, 5.41) is 3.52. The van der Waals surface area contributed by atoms with E-state index < -0.39 is 0 Å². The van der Waals surface area contributed by atoms with Crippen LogP contribution in [-0.4, -0.2) is 31.2 Å². The smallest absolute Gasteiger partial charge is 0.337 e. The normalized spacial score (nSPS) is 13.7. The molecule has 154 valence electrons. The van der Waals surface area contributed by atoms with E-state index in [1.54, 1.807) is 18.3 Å². The van der Waals surface area contributed by atoms with E-state index in [-0.39, 0.29) is 12.0 Å². The van der Waals surface area contributed by atoms with E-state index in [2.05, 4.69) is 46.4 Å². The summed E-state index contributed by atoms with van der Waals surface area (Å²) in [5.41, 5.74) is 3.80. The topological polar surface area (TPSA) is 63.7 Å². The number of hydrogen-bond donors (Lipinski definition) is 1. The molecular weight excluding hydrogens is 378 g/mol. The minimum Gasteiger partial charge on any atom is -0.489 e. The van der Waals surface area contributed by atoms with Crippen molar-refractivity contribution < 1.29 is 14.3 Å². The number of hydrogen-bond acceptors (Lipinski definition) is 6. The quantitative estimate of drug-likeness (QED) is 0.614. The van der Waals surface area contributed by atoms with Crippen LogP contribution in [0.2, 0.25) is 0 Å². The van der Waals surface area contributed by atoms with Crippen LogP contribution in [0.4, 0.5) is 11.5 Å². The molecule has 1 aliphatic heterocycles. The van der Waals surface area contributed by atoms with Gasteiger partial charge >= 0.3 is 5.97 Å². The second kappa shape index (κ2) is 8.86. The largest absolute Gasteiger partial charge is 0.489 e. The minimum absolute atomic E-state index is 0.00352. The number of benzene rings is 2. The molecule has 0 saturated carbocycles. The van der Waals surface area contributed by atoms with Gasteiger partial charge in [-0.2, -0.15) is 0 Å². The summed E-state index contributed by atoms with van der Waals surface area (Å²) in [6, 6.07) is 19.7. The third kappa shape index (κ3) is 4.22. The Hall–Kier alpha value is -3.54. The number of ether oxygens (including phenoxy) is 2. The van der Waals surface area contributed by atoms with Crippen LogP contribution in [0.5, 0.6) is 5.75 Å². The molecule has 3 aromatic rings. The maximum absolute atomic E-state index is 11.7. The van der Waals surface area contributed by atoms with Crippen LogP contribution < -0.4 is 15.0 Å². The zero-order valence-corrected chi connectivity index (χ0v) is 17.2. The molecule has 0 saturated heterocycles. The number of nitrogens with zero attached hydrogens (tertiary/aromatic N) is 2. The van der Waals surface area contributed by atoms with E-state index >= 15 is 0 Å². The number of carbonyl (C=O) groups excluding carboxylic acids is 1. The lowest BCUT2D eigenvalue weighted by atomic mass is 10.1. The first kappa shape index (κ1) is 19.8. The van der Waals surface area contributed by atoms with Gasteiger partial charge in [0.2, 0.25) is 0 Å². The molecule has 0 fully saturated rings. The second-order valence-corrected chi connectivity index (χ2v) is 7.24. The molecule has 1 atom stereocenters. The molecule has 0 unspecified atom stereocenters. The van der Waals surface area contributed by atoms with Crippen molar-refractivity contribution >= 4 is 17.5 Å². The number of rotatable bonds is 6. The number of esters is 1. The summed E-state index contributed by atoms with van der Waals surface area (Å²) in [6.07, 6.45) is 1.76. The van der Waals surface area contributed by atoms with Gasteiger partial charge in [-0.3, -0.25) is 0 Å². The van der Waals surface area contributed by atoms with Crippen molar-refractivity contribution in [3.05, 3.63) is 83.6 Å². The Kier molecular flexibility index (Phi) is 5.84. The molecule has 0 bridgehead atoms. The standard InChI is InChI=1S/C24H25N3O3/c1-17(19-8-10-20(11-9-19)24(28)29-2)26-23-22-21(12-13-25-23)30-15-14-27(22)16-18-6-4-3-5-7-18/h3-13,17H,14-16H2,1-2H3,(H,25,26)/t17-/m0/s1. The van der Waals surface area contributed by atoms with Crippen molar-refractivity contribution in [2.75, 3.05) is 30.5 Å². The van der Waals surface area contributed by atoms with Crippen molar-refractivity contribution in [1.82, 2.24) is 4.98 Å². The van der Waals surface area contributed by atoms with Gasteiger partial charge in [-0.1, -0.05) is 42.5 Å². The number of fused-ring (bicyclic) bond motifs is 1. The van der Waals surface area contributed by atoms with Gasteiger partial charge in [-0.25, -0.2) is 9.78 Å². The first-order valence-corrected chi connectivity index (χ1v) is 10.0. The highest BCUT2D eigenvalue weighted by atomic mass is 16.5. The Morgan fingerprint density at radius 3 is 2.67 bits per heavy atom. The fourth-order valence-corrected chi connectivity index (χ4v) is 3.62. The lowest BCUT2D eigenvalue weighted by Crippen LogP contribution is -2.33. The van der Waals surface area contributed by atoms with E-state index in [0.717, 1.165) is 35.9 Å². The number of aromatic nitrogens is 1. The number of carbonyl (C=O) groups is 1. The van der Waals surface area contributed by atoms with E-state index in [1.807, 2.05) is 24.3 Å². The number of pyridine rings is 1. The van der Waals surface area contributed by atoms with Crippen LogP contribution in [0.25, 0.3) is 0 Å². The molecule has 2 heterocycles. The Morgan fingerprint density at radius 1 is 1.17 bits per heavy atom. The molecule has 30 heavy (non-hydrogen) atoms. The van der Waals surface area contributed by atoms with Crippen molar-refractivity contribution in [3.8, 4) is 5.75 Å². The Bertz CT molecular complexity index is 1010. The van der Waals surface area contributed by atoms with Gasteiger partial charge in [-0.15, -0.1) is 0 Å². The van der Waals surface area contributed by atoms with Gasteiger partial charge in [0, 0.05) is 18.8 Å². The first-order valence-electron chi connectivity index (χ1n) is 10.0. The van der Waals surface area contributed by atoms with Crippen molar-refractivity contribution in [3.63, 3.8) is 0 Å². The molecule has 1 aliphatic rings. The number of anilines is 2. The average molecular weight is 403 g/mol. The minimum atomic E-state index is -0.338. The molecule has 1 aromatic heterocycles. The van der Waals surface area contributed by atoms with Crippen LogP contribution in [-0.2, 0) is 11.3 Å². The Morgan fingerprint density at radius 2 is 1.93 bits per heavy atom. The molecule has 0 amide bonds. The van der Waals surface area contributed by atoms with Gasteiger partial charge in [0.15, 0.2) is 5.82 Å². The zero-order valence-electron chi connectivity index (χ0n) is 17.2. The van der Waals surface area contributed by atoms with E-state index in [0.29, 0.717) is 12.2 Å². The van der Waals surface area contributed by atoms with Crippen molar-refractivity contribution in [1.29, 1.82) is 0 Å². The maximum atomic E-state index is 11.7. The van der Waals surface area contributed by atoms with Crippen LogP contribution in [0.3, 0.4) is 0 Å². The predicted octanol–water partition coefficient (Wildman–Crippen LogP) is 4.44. The fraction of sp³-hybridized carbons (Fsp3) is 0.250. The Labute approximate surface area is 176 Å². The van der Waals surface area contributed by atoms with E-state index in [9.17, 15) is 4.79 Å². The predicted molar refractivity (Wildman–Crippen MR) is 117 cm³/mol. The molecule has 6 heteroatoms. The molecule has 4 rings (SSSR count). The third-order valence-electron chi connectivity index (χ3n) is 5.22. The highest BCUT2D eigenvalue weighted by molar-refractivity contribution is 5.89. The summed E-state index contributed by atoms with van der Waals surface area (Å²) < 4.78 is 10.7. The third-order valence-corrected chi connectivity index (χ3v) is 5.22. The first-order chi connectivity index (χ1) is 14.7. The molecule has 1 N–H and O–H groups in total. The lowest BCUT2D eigenvalue weighted by Gasteiger charge is -2.33. The summed E-state index contributed by atoms with van der Waals surface area (Å²) in [6.45, 7) is 4.30. The van der Waals surface area contributed by atoms with Crippen LogP contribution in [0, 0.1) is 0 Å². The zero-order chi connectivity index (χ0) is 20.9. The molecule has 6 nitrogen and oxygen atoms in total. The highest BCUT2D eigenvalue weighted by Gasteiger charge is 2.24. The summed E-state index contributed by atoms with van der Waals surface area (Å²) in [7, 11) is 1.38. The van der Waals surface area contributed by atoms with Gasteiger partial charge in [0.05, 0.1) is 25.3 Å². The van der Waals surface area contributed by atoms with Gasteiger partial charge in [0.1, 0.15) is 18.0 Å². The summed E-state index contributed by atoms with van der Waals surface area (Å²) >= 11 is 0. The SMILES string of the molecule is COC(=O)c1ccc([C@H](C)Nc2nccc3c2N(Cc2ccccc2)CCO3)cc1. The highest BCUT2D eigenvalue weighted by Crippen LogP contribution is 2.39. The average Bonchev–Trinajstić information content (AvgIpc) is 2.79. The van der Waals surface area contributed by atoms with Crippen LogP contribution >= 0.6 is 0 Å². The van der Waals surface area contributed by atoms with Gasteiger partial charge in [-0.05, 0) is 30.2 Å². The van der Waals surface area contributed by atoms with E-state index in [1.165, 1.54) is 12.7 Å². The fourth-order valence-electron chi connectivity index (χ4n) is 3.62. The van der Waals surface area contributed by atoms with Gasteiger partial charge in [0.25, 0.3) is 0 Å². The molecule has 0 radical (unpaired) electrons. The summed E-state index contributed by atoms with van der Waals surface area (Å²) in [4.78, 5) is 18.6. The Balaban J connectivity index is 1.57. The molecule has 0 spiro atoms. The van der Waals surface area contributed by atoms with Crippen LogP contribution in [0.1, 0.15) is 34.5 Å². The van der Waals surface area contributed by atoms with Gasteiger partial charge < -0.3 is 19.7 Å². The van der Waals surface area contributed by atoms with Crippen LogP contribution in [0.15, 0.2) is 66.9 Å². The summed E-state index contributed by atoms with van der Waals surface area (Å²) in [5.74, 6) is 1.28. The molecule has 2 aromatic carbocycles. The monoisotopic (exact) mass is 403 g/mol. The van der Waals surface area contributed by atoms with E-state index in [4.69, 9.17) is 9.47 Å². The second-order valence-electron chi connectivity index (χ2n) is 7.24. The lowest BCUT2D eigenvalue weighted by molar-refractivity contribution is 0.0600. The maximum Gasteiger partial charge on any atom is 0.337 e. The van der Waals surface area contributed by atoms with Crippen molar-refractivity contribution in [2.45, 2.75) is 19.5 Å². The molecule has 0 aliphatic carbocycles. The molecular formula is C24H25N3O3. The number of methoxy groups -OCH3 is 1. The van der Waals surface area contributed by atoms with Crippen molar-refractivity contribution in [2.24, 2.45) is 0 Å².